The molecule has 0 saturated carbocycles. The summed E-state index contributed by atoms with van der Waals surface area (Å²) in [6.45, 7) is 2.97. The molecule has 1 saturated heterocycles. The molecule has 0 radical (unpaired) electrons. The van der Waals surface area contributed by atoms with Gasteiger partial charge in [0.2, 0.25) is 0 Å². The van der Waals surface area contributed by atoms with Crippen molar-refractivity contribution in [3.8, 4) is 0 Å². The van der Waals surface area contributed by atoms with Crippen LogP contribution in [0.5, 0.6) is 0 Å². The molecule has 0 bridgehead atoms. The van der Waals surface area contributed by atoms with Gasteiger partial charge < -0.3 is 10.2 Å². The maximum absolute atomic E-state index is 12.3. The van der Waals surface area contributed by atoms with Gasteiger partial charge in [-0.1, -0.05) is 30.3 Å². The Morgan fingerprint density at radius 3 is 2.54 bits per heavy atom. The highest BCUT2D eigenvalue weighted by Gasteiger charge is 2.22. The lowest BCUT2D eigenvalue weighted by molar-refractivity contribution is 0.0912. The average molecular weight is 393 g/mol. The second kappa shape index (κ2) is 8.33. The largest absolute Gasteiger partial charge is 0.349 e. The molecule has 1 aromatic heterocycles. The molecular formula is C19H24N2O3S2. The van der Waals surface area contributed by atoms with E-state index in [1.165, 1.54) is 11.6 Å². The van der Waals surface area contributed by atoms with E-state index in [9.17, 15) is 13.2 Å². The molecule has 2 heterocycles. The van der Waals surface area contributed by atoms with E-state index in [4.69, 9.17) is 0 Å². The Bertz CT molecular complexity index is 839. The van der Waals surface area contributed by atoms with Crippen molar-refractivity contribution in [2.24, 2.45) is 0 Å². The smallest absolute Gasteiger partial charge is 0.252 e. The minimum Gasteiger partial charge on any atom is -0.349 e. The van der Waals surface area contributed by atoms with Gasteiger partial charge in [-0.05, 0) is 30.9 Å². The maximum atomic E-state index is 12.3. The number of piperidine rings is 1. The molecule has 1 fully saturated rings. The van der Waals surface area contributed by atoms with Gasteiger partial charge in [-0.25, -0.2) is 8.42 Å². The summed E-state index contributed by atoms with van der Waals surface area (Å²) in [7, 11) is -3.25. The lowest BCUT2D eigenvalue weighted by Crippen LogP contribution is -2.45. The summed E-state index contributed by atoms with van der Waals surface area (Å²) < 4.78 is 23.3. The number of nitrogens with one attached hydrogen (secondary N) is 1. The predicted octanol–water partition coefficient (Wildman–Crippen LogP) is 2.59. The highest BCUT2D eigenvalue weighted by Crippen LogP contribution is 2.20. The Hall–Kier alpha value is -1.70. The van der Waals surface area contributed by atoms with Crippen LogP contribution in [0.1, 0.15) is 28.8 Å². The van der Waals surface area contributed by atoms with Crippen molar-refractivity contribution >= 4 is 27.1 Å². The third kappa shape index (κ3) is 5.16. The van der Waals surface area contributed by atoms with Crippen LogP contribution < -0.4 is 5.32 Å². The summed E-state index contributed by atoms with van der Waals surface area (Å²) in [5.74, 6) is -0.182. The van der Waals surface area contributed by atoms with E-state index in [0.29, 0.717) is 5.56 Å². The van der Waals surface area contributed by atoms with Crippen molar-refractivity contribution in [3.63, 3.8) is 0 Å². The van der Waals surface area contributed by atoms with Crippen LogP contribution >= 0.6 is 11.3 Å². The Morgan fingerprint density at radius 1 is 1.23 bits per heavy atom. The van der Waals surface area contributed by atoms with Gasteiger partial charge in [0.05, 0.1) is 5.56 Å². The summed E-state index contributed by atoms with van der Waals surface area (Å²) in [6.07, 6.45) is 4.04. The van der Waals surface area contributed by atoms with Gasteiger partial charge in [-0.2, -0.15) is 0 Å². The first-order chi connectivity index (χ1) is 12.4. The molecule has 26 heavy (non-hydrogen) atoms. The number of benzene rings is 1. The van der Waals surface area contributed by atoms with Crippen LogP contribution in [0.25, 0.3) is 0 Å². The number of nitrogens with zero attached hydrogens (tertiary/aromatic N) is 1. The van der Waals surface area contributed by atoms with Gasteiger partial charge in [0.15, 0.2) is 9.84 Å². The second-order valence-electron chi connectivity index (χ2n) is 6.75. The van der Waals surface area contributed by atoms with E-state index in [-0.39, 0.29) is 16.2 Å². The first kappa shape index (κ1) is 19.1. The number of amides is 1. The molecule has 5 nitrogen and oxygen atoms in total. The van der Waals surface area contributed by atoms with Crippen molar-refractivity contribution in [3.05, 3.63) is 52.9 Å². The fourth-order valence-corrected chi connectivity index (χ4v) is 4.93. The Balaban J connectivity index is 1.45. The number of rotatable bonds is 6. The Kier molecular flexibility index (Phi) is 6.11. The summed E-state index contributed by atoms with van der Waals surface area (Å²) in [4.78, 5) is 14.8. The first-order valence-electron chi connectivity index (χ1n) is 8.77. The molecule has 140 valence electrons. The summed E-state index contributed by atoms with van der Waals surface area (Å²) in [5.41, 5.74) is 1.78. The van der Waals surface area contributed by atoms with Crippen molar-refractivity contribution in [1.82, 2.24) is 10.2 Å². The van der Waals surface area contributed by atoms with Crippen molar-refractivity contribution in [2.45, 2.75) is 29.5 Å². The number of sulfone groups is 1. The first-order valence-corrected chi connectivity index (χ1v) is 11.5. The van der Waals surface area contributed by atoms with Crippen LogP contribution in [0.15, 0.2) is 46.0 Å². The van der Waals surface area contributed by atoms with Crippen molar-refractivity contribution in [1.29, 1.82) is 0 Å². The van der Waals surface area contributed by atoms with Gasteiger partial charge in [0.1, 0.15) is 4.21 Å². The topological polar surface area (TPSA) is 66.5 Å². The quantitative estimate of drug-likeness (QED) is 0.821. The summed E-state index contributed by atoms with van der Waals surface area (Å²) >= 11 is 1.09. The molecule has 0 unspecified atom stereocenters. The van der Waals surface area contributed by atoms with Crippen molar-refractivity contribution in [2.75, 3.05) is 25.9 Å². The second-order valence-corrected chi connectivity index (χ2v) is 9.91. The van der Waals surface area contributed by atoms with Gasteiger partial charge in [-0.3, -0.25) is 4.79 Å². The monoisotopic (exact) mass is 392 g/mol. The number of thiophene rings is 1. The number of carbonyl (C=O) groups is 1. The molecule has 1 aliphatic rings. The lowest BCUT2D eigenvalue weighted by atomic mass is 10.0. The molecular weight excluding hydrogens is 368 g/mol. The average Bonchev–Trinajstić information content (AvgIpc) is 3.13. The van der Waals surface area contributed by atoms with Crippen molar-refractivity contribution < 1.29 is 13.2 Å². The van der Waals surface area contributed by atoms with Crippen LogP contribution in [0.3, 0.4) is 0 Å². The van der Waals surface area contributed by atoms with E-state index in [2.05, 4.69) is 34.5 Å². The zero-order chi connectivity index (χ0) is 18.6. The normalized spacial score (nSPS) is 16.5. The Morgan fingerprint density at radius 2 is 1.92 bits per heavy atom. The zero-order valence-electron chi connectivity index (χ0n) is 14.8. The third-order valence-electron chi connectivity index (χ3n) is 4.69. The third-order valence-corrected chi connectivity index (χ3v) is 7.45. The zero-order valence-corrected chi connectivity index (χ0v) is 16.5. The molecule has 1 N–H and O–H groups in total. The SMILES string of the molecule is CS(=O)(=O)c1cc(C(=O)NC2CCN(CCc3ccccc3)CC2)cs1. The summed E-state index contributed by atoms with van der Waals surface area (Å²) in [6, 6.07) is 12.1. The van der Waals surface area contributed by atoms with E-state index in [1.807, 2.05) is 6.07 Å². The molecule has 0 atom stereocenters. The van der Waals surface area contributed by atoms with Gasteiger partial charge in [-0.15, -0.1) is 11.3 Å². The van der Waals surface area contributed by atoms with E-state index in [1.54, 1.807) is 5.38 Å². The number of likely N-dealkylation sites (tertiary alicyclic amines) is 1. The number of carbonyl (C=O) groups excluding carboxylic acids is 1. The van der Waals surface area contributed by atoms with Crippen LogP contribution in [0, 0.1) is 0 Å². The maximum Gasteiger partial charge on any atom is 0.252 e. The molecule has 1 aliphatic heterocycles. The van der Waals surface area contributed by atoms with E-state index < -0.39 is 9.84 Å². The van der Waals surface area contributed by atoms with Crippen LogP contribution in [0.2, 0.25) is 0 Å². The molecule has 1 amide bonds. The highest BCUT2D eigenvalue weighted by atomic mass is 32.2. The standard InChI is InChI=1S/C19H24N2O3S2/c1-26(23,24)18-13-16(14-25-18)19(22)20-17-8-11-21(12-9-17)10-7-15-5-3-2-4-6-15/h2-6,13-14,17H,7-12H2,1H3,(H,20,22). The highest BCUT2D eigenvalue weighted by molar-refractivity contribution is 7.92. The fraction of sp³-hybridized carbons (Fsp3) is 0.421. The van der Waals surface area contributed by atoms with Crippen LogP contribution in [0.4, 0.5) is 0 Å². The Labute approximate surface area is 159 Å². The van der Waals surface area contributed by atoms with Gasteiger partial charge in [0.25, 0.3) is 5.91 Å². The minimum atomic E-state index is -3.25. The van der Waals surface area contributed by atoms with Crippen LogP contribution in [-0.4, -0.2) is 51.2 Å². The number of hydrogen-bond donors (Lipinski definition) is 1. The lowest BCUT2D eigenvalue weighted by Gasteiger charge is -2.32. The molecule has 7 heteroatoms. The minimum absolute atomic E-state index is 0.150. The van der Waals surface area contributed by atoms with Gasteiger partial charge >= 0.3 is 0 Å². The fourth-order valence-electron chi connectivity index (χ4n) is 3.13. The van der Waals surface area contributed by atoms with Gasteiger partial charge in [0, 0.05) is 37.3 Å². The molecule has 3 rings (SSSR count). The predicted molar refractivity (Wildman–Crippen MR) is 105 cm³/mol. The molecule has 1 aromatic carbocycles. The van der Waals surface area contributed by atoms with E-state index in [0.717, 1.165) is 56.5 Å². The van der Waals surface area contributed by atoms with E-state index >= 15 is 0 Å². The molecule has 2 aromatic rings. The van der Waals surface area contributed by atoms with Crippen LogP contribution in [-0.2, 0) is 16.3 Å². The summed E-state index contributed by atoms with van der Waals surface area (Å²) in [5, 5.41) is 4.65. The molecule has 0 aliphatic carbocycles. The number of hydrogen-bond acceptors (Lipinski definition) is 5. The molecule has 0 spiro atoms.